The largest absolute Gasteiger partial charge is 0.391 e. The van der Waals surface area contributed by atoms with E-state index in [2.05, 4.69) is 76.0 Å². The number of aryl methyl sites for hydroxylation is 1. The lowest BCUT2D eigenvalue weighted by molar-refractivity contribution is -0.144. The lowest BCUT2D eigenvalue weighted by Crippen LogP contribution is -2.58. The van der Waals surface area contributed by atoms with Crippen molar-refractivity contribution in [3.63, 3.8) is 0 Å². The topological polar surface area (TPSA) is 190 Å². The van der Waals surface area contributed by atoms with Gasteiger partial charge in [0.05, 0.1) is 47.4 Å². The van der Waals surface area contributed by atoms with Crippen LogP contribution in [-0.4, -0.2) is 141 Å². The molecule has 2 saturated heterocycles. The summed E-state index contributed by atoms with van der Waals surface area (Å²) in [5.74, 6) is -0.476. The van der Waals surface area contributed by atoms with Crippen molar-refractivity contribution in [2.24, 2.45) is 5.41 Å². The Kier molecular flexibility index (Phi) is 16.9. The summed E-state index contributed by atoms with van der Waals surface area (Å²) in [5, 5.41) is 21.4. The Morgan fingerprint density at radius 3 is 2.33 bits per heavy atom. The van der Waals surface area contributed by atoms with Crippen molar-refractivity contribution in [3.8, 4) is 21.7 Å². The molecule has 5 N–H and O–H groups in total. The van der Waals surface area contributed by atoms with E-state index in [1.165, 1.54) is 10.5 Å². The fraction of sp³-hybridized carbons (Fsp3) is 0.423. The third-order valence-electron chi connectivity index (χ3n) is 12.8. The van der Waals surface area contributed by atoms with Gasteiger partial charge in [-0.1, -0.05) is 99.1 Å². The third kappa shape index (κ3) is 13.1. The highest BCUT2D eigenvalue weighted by Gasteiger charge is 2.44. The molecule has 370 valence electrons. The highest BCUT2D eigenvalue weighted by atomic mass is 35.5. The van der Waals surface area contributed by atoms with Crippen LogP contribution >= 0.6 is 22.9 Å². The van der Waals surface area contributed by atoms with Gasteiger partial charge in [0.1, 0.15) is 36.5 Å². The van der Waals surface area contributed by atoms with E-state index >= 15 is 0 Å². The lowest BCUT2D eigenvalue weighted by atomic mass is 9.85. The first-order valence-electron chi connectivity index (χ1n) is 23.8. The molecule has 0 aliphatic carbocycles. The zero-order chi connectivity index (χ0) is 49.2. The number of nitrogens with zero attached hydrogens (tertiary/aromatic N) is 6. The highest BCUT2D eigenvalue weighted by molar-refractivity contribution is 7.13. The summed E-state index contributed by atoms with van der Waals surface area (Å²) in [6, 6.07) is 24.6. The highest BCUT2D eigenvalue weighted by Crippen LogP contribution is 2.30. The Labute approximate surface area is 418 Å². The molecular formula is C52H63ClN10O6S. The number of H-pyrrole nitrogens is 1. The average Bonchev–Trinajstić information content (AvgIpc) is 4.11. The number of halogens is 1. The second-order valence-corrected chi connectivity index (χ2v) is 20.3. The van der Waals surface area contributed by atoms with Gasteiger partial charge >= 0.3 is 0 Å². The molecule has 2 aliphatic heterocycles. The molecule has 0 saturated carbocycles. The lowest BCUT2D eigenvalue weighted by Gasteiger charge is -2.35. The summed E-state index contributed by atoms with van der Waals surface area (Å²) in [4.78, 5) is 64.6. The minimum absolute atomic E-state index is 0.00116. The maximum Gasteiger partial charge on any atom is 0.246 e. The van der Waals surface area contributed by atoms with Gasteiger partial charge in [-0.25, -0.2) is 15.0 Å². The van der Waals surface area contributed by atoms with Gasteiger partial charge in [-0.05, 0) is 52.3 Å². The van der Waals surface area contributed by atoms with Gasteiger partial charge in [0.2, 0.25) is 17.7 Å². The van der Waals surface area contributed by atoms with Crippen LogP contribution in [0.2, 0.25) is 5.02 Å². The molecular weight excluding hydrogens is 928 g/mol. The van der Waals surface area contributed by atoms with Gasteiger partial charge < -0.3 is 40.4 Å². The third-order valence-corrected chi connectivity index (χ3v) is 14.2. The molecule has 8 rings (SSSR count). The standard InChI is InChI=1S/C52H63ClN10O6S/c1-34-46(70-33-58-34)38-15-9-35(10-16-38)27-55-50(66)44-25-40(64)30-63(44)51(67)47(52(2,3)4)60-45(65)31-69-24-23-68-22-21-61-17-19-62(20-18-61)29-36-11-13-37(14-12-36)43-26-41-48(56-32-57-49(41)59-43)54-28-39-7-5-6-8-42(39)53/h5-16,26,32-33,40,44,47,64H,17-25,27-31H2,1-4H3,(H,55,66)(H,60,65)(H2,54,56,57,59)/t40-,44+,47-/m1/s1. The molecule has 2 aliphatic rings. The maximum atomic E-state index is 14.0. The van der Waals surface area contributed by atoms with Crippen LogP contribution in [0.25, 0.3) is 32.7 Å². The molecule has 0 unspecified atom stereocenters. The number of benzene rings is 3. The fourth-order valence-corrected chi connectivity index (χ4v) is 9.85. The molecule has 3 amide bonds. The Hall–Kier alpha value is -5.79. The number of nitrogens with one attached hydrogen (secondary N) is 4. The van der Waals surface area contributed by atoms with Crippen molar-refractivity contribution < 1.29 is 29.0 Å². The number of carbonyl (C=O) groups is 3. The van der Waals surface area contributed by atoms with E-state index < -0.39 is 35.4 Å². The van der Waals surface area contributed by atoms with E-state index in [0.717, 1.165) is 94.6 Å². The number of thiazole rings is 1. The predicted molar refractivity (Wildman–Crippen MR) is 273 cm³/mol. The Morgan fingerprint density at radius 2 is 1.60 bits per heavy atom. The van der Waals surface area contributed by atoms with Gasteiger partial charge in [0.25, 0.3) is 0 Å². The van der Waals surface area contributed by atoms with E-state index in [4.69, 9.17) is 21.1 Å². The number of amides is 3. The van der Waals surface area contributed by atoms with Crippen LogP contribution in [0.5, 0.6) is 0 Å². The molecule has 70 heavy (non-hydrogen) atoms. The number of piperazine rings is 1. The van der Waals surface area contributed by atoms with Crippen molar-refractivity contribution in [2.75, 3.05) is 71.0 Å². The Bertz CT molecular complexity index is 2700. The molecule has 0 spiro atoms. The van der Waals surface area contributed by atoms with Crippen LogP contribution in [0, 0.1) is 12.3 Å². The number of aromatic nitrogens is 4. The summed E-state index contributed by atoms with van der Waals surface area (Å²) in [7, 11) is 0. The first kappa shape index (κ1) is 50.6. The summed E-state index contributed by atoms with van der Waals surface area (Å²) >= 11 is 7.94. The number of carbonyl (C=O) groups excluding carboxylic acids is 3. The fourth-order valence-electron chi connectivity index (χ4n) is 8.84. The van der Waals surface area contributed by atoms with Gasteiger partial charge in [-0.15, -0.1) is 11.3 Å². The number of rotatable bonds is 20. The minimum Gasteiger partial charge on any atom is -0.391 e. The van der Waals surface area contributed by atoms with Gasteiger partial charge in [-0.2, -0.15) is 0 Å². The van der Waals surface area contributed by atoms with Crippen molar-refractivity contribution in [3.05, 3.63) is 118 Å². The number of aromatic amines is 1. The van der Waals surface area contributed by atoms with Gasteiger partial charge in [-0.3, -0.25) is 24.2 Å². The second-order valence-electron chi connectivity index (χ2n) is 19.0. The SMILES string of the molecule is Cc1ncsc1-c1ccc(CNC(=O)[C@@H]2C[C@@H](O)CN2C(=O)[C@@H](NC(=O)COCCOCCN2CCN(Cc3ccc(-c4cc5c(NCc6ccccc6Cl)ncnc5[nH]4)cc3)CC2)C(C)(C)C)cc1. The van der Waals surface area contributed by atoms with E-state index in [1.807, 2.05) is 81.7 Å². The normalized spacial score (nSPS) is 17.2. The maximum absolute atomic E-state index is 14.0. The van der Waals surface area contributed by atoms with Gasteiger partial charge in [0, 0.05) is 76.0 Å². The molecule has 0 bridgehead atoms. The summed E-state index contributed by atoms with van der Waals surface area (Å²) in [6.45, 7) is 14.7. The number of aliphatic hydroxyl groups excluding tert-OH is 1. The first-order valence-corrected chi connectivity index (χ1v) is 25.1. The van der Waals surface area contributed by atoms with Crippen LogP contribution in [0.4, 0.5) is 5.82 Å². The molecule has 3 aromatic carbocycles. The van der Waals surface area contributed by atoms with Crippen LogP contribution < -0.4 is 16.0 Å². The van der Waals surface area contributed by atoms with Crippen molar-refractivity contribution in [2.45, 2.75) is 71.9 Å². The predicted octanol–water partition coefficient (Wildman–Crippen LogP) is 6.28. The summed E-state index contributed by atoms with van der Waals surface area (Å²) in [5.41, 5.74) is 9.15. The number of ether oxygens (including phenoxy) is 2. The molecule has 5 heterocycles. The Morgan fingerprint density at radius 1 is 0.886 bits per heavy atom. The number of fused-ring (bicyclic) bond motifs is 1. The molecule has 18 heteroatoms. The van der Waals surface area contributed by atoms with E-state index in [0.29, 0.717) is 24.8 Å². The minimum atomic E-state index is -0.944. The quantitative estimate of drug-likeness (QED) is 0.0540. The second kappa shape index (κ2) is 23.4. The first-order chi connectivity index (χ1) is 33.8. The van der Waals surface area contributed by atoms with E-state index in [1.54, 1.807) is 17.7 Å². The Balaban J connectivity index is 0.707. The number of β-amino-alcohol motifs (C(OH)–C–C–N with tert-alkyl or cyclic N) is 1. The molecule has 3 aromatic heterocycles. The molecule has 2 fully saturated rings. The van der Waals surface area contributed by atoms with Crippen LogP contribution in [-0.2, 0) is 43.5 Å². The zero-order valence-electron chi connectivity index (χ0n) is 40.2. The zero-order valence-corrected chi connectivity index (χ0v) is 41.8. The van der Waals surface area contributed by atoms with Crippen molar-refractivity contribution >= 4 is 57.5 Å². The number of hydrogen-bond acceptors (Lipinski definition) is 13. The molecule has 0 radical (unpaired) electrons. The van der Waals surface area contributed by atoms with Gasteiger partial charge in [0.15, 0.2) is 0 Å². The monoisotopic (exact) mass is 990 g/mol. The summed E-state index contributed by atoms with van der Waals surface area (Å²) in [6.07, 6.45) is 0.810. The average molecular weight is 992 g/mol. The summed E-state index contributed by atoms with van der Waals surface area (Å²) < 4.78 is 11.5. The molecule has 6 aromatic rings. The number of likely N-dealkylation sites (tertiary alicyclic amines) is 1. The molecule has 3 atom stereocenters. The smallest absolute Gasteiger partial charge is 0.246 e. The number of anilines is 1. The van der Waals surface area contributed by atoms with Crippen LogP contribution in [0.1, 0.15) is 49.6 Å². The van der Waals surface area contributed by atoms with Crippen LogP contribution in [0.3, 0.4) is 0 Å². The number of aliphatic hydroxyl groups is 1. The van der Waals surface area contributed by atoms with Crippen molar-refractivity contribution in [1.29, 1.82) is 0 Å². The van der Waals surface area contributed by atoms with Crippen molar-refractivity contribution in [1.82, 2.24) is 45.3 Å². The van der Waals surface area contributed by atoms with Crippen LogP contribution in [0.15, 0.2) is 90.7 Å². The number of hydrogen-bond donors (Lipinski definition) is 5. The van der Waals surface area contributed by atoms with E-state index in [9.17, 15) is 19.5 Å². The molecule has 16 nitrogen and oxygen atoms in total. The van der Waals surface area contributed by atoms with E-state index in [-0.39, 0.29) is 38.6 Å².